The van der Waals surface area contributed by atoms with E-state index in [2.05, 4.69) is 21.1 Å². The van der Waals surface area contributed by atoms with Crippen molar-refractivity contribution < 1.29 is 43.7 Å². The summed E-state index contributed by atoms with van der Waals surface area (Å²) in [4.78, 5) is 18.4. The molecule has 0 aliphatic heterocycles. The van der Waals surface area contributed by atoms with Crippen molar-refractivity contribution in [1.29, 1.82) is 0 Å². The Hall–Kier alpha value is -2.84. The van der Waals surface area contributed by atoms with Gasteiger partial charge < -0.3 is 9.50 Å². The highest BCUT2D eigenvalue weighted by Crippen LogP contribution is 2.36. The summed E-state index contributed by atoms with van der Waals surface area (Å²) in [7, 11) is -4.33. The summed E-state index contributed by atoms with van der Waals surface area (Å²) >= 11 is 5.82. The third-order valence-corrected chi connectivity index (χ3v) is 6.55. The van der Waals surface area contributed by atoms with Crippen LogP contribution in [0.4, 0.5) is 26.3 Å². The molecule has 0 saturated carbocycles. The molecule has 1 aromatic heterocycles. The topological polar surface area (TPSA) is 88.6 Å². The summed E-state index contributed by atoms with van der Waals surface area (Å²) in [5.41, 5.74) is -7.59. The minimum atomic E-state index is -5.98. The van der Waals surface area contributed by atoms with Gasteiger partial charge in [-0.1, -0.05) is 36.7 Å². The van der Waals surface area contributed by atoms with Gasteiger partial charge in [0.2, 0.25) is 0 Å². The van der Waals surface area contributed by atoms with Crippen molar-refractivity contribution in [2.24, 2.45) is 0 Å². The van der Waals surface area contributed by atoms with E-state index in [9.17, 15) is 39.6 Å². The van der Waals surface area contributed by atoms with E-state index in [4.69, 9.17) is 11.6 Å². The second-order valence-electron chi connectivity index (χ2n) is 7.73. The first-order chi connectivity index (χ1) is 17.0. The van der Waals surface area contributed by atoms with Gasteiger partial charge in [-0.15, -0.1) is 6.58 Å². The first-order valence-electron chi connectivity index (χ1n) is 10.5. The third-order valence-electron chi connectivity index (χ3n) is 5.19. The molecule has 1 amide bonds. The summed E-state index contributed by atoms with van der Waals surface area (Å²) < 4.78 is 105. The summed E-state index contributed by atoms with van der Waals surface area (Å²) in [6.45, 7) is 5.65. The van der Waals surface area contributed by atoms with Crippen LogP contribution >= 0.6 is 11.6 Å². The first-order valence-corrected chi connectivity index (χ1v) is 12.3. The predicted molar refractivity (Wildman–Crippen MR) is 123 cm³/mol. The quantitative estimate of drug-likeness (QED) is 0.178. The molecule has 0 aliphatic rings. The molecule has 204 valence electrons. The van der Waals surface area contributed by atoms with E-state index < -0.39 is 61.8 Å². The standard InChI is InChI=1S/C22H22ClF6N3O4S/c1-4-11-32(3)16(5-2)18(13-7-6-8-14(12-13)36-37(34,35)22(27,28)29)31-20(33)19-17(23)15(9-10-30-19)21(24,25)26/h4,6-10,12,16,18H,1,5,11H2,2-3H3,(H,31,33)/t16-,18-/m0/s1. The Bertz CT molecular complexity index is 1240. The van der Waals surface area contributed by atoms with E-state index >= 15 is 0 Å². The van der Waals surface area contributed by atoms with Crippen molar-refractivity contribution in [3.8, 4) is 5.75 Å². The van der Waals surface area contributed by atoms with Gasteiger partial charge in [-0.3, -0.25) is 9.69 Å². The summed E-state index contributed by atoms with van der Waals surface area (Å²) in [5, 5.41) is 1.59. The van der Waals surface area contributed by atoms with Crippen LogP contribution in [0, 0.1) is 0 Å². The van der Waals surface area contributed by atoms with Gasteiger partial charge in [-0.25, -0.2) is 4.98 Å². The number of benzene rings is 1. The Morgan fingerprint density at radius 2 is 1.89 bits per heavy atom. The number of hydrogen-bond acceptors (Lipinski definition) is 6. The largest absolute Gasteiger partial charge is 0.534 e. The maximum atomic E-state index is 13.3. The second-order valence-corrected chi connectivity index (χ2v) is 9.65. The molecule has 2 aromatic rings. The van der Waals surface area contributed by atoms with Gasteiger partial charge in [0, 0.05) is 18.8 Å². The van der Waals surface area contributed by atoms with Crippen molar-refractivity contribution in [1.82, 2.24) is 15.2 Å². The molecule has 0 radical (unpaired) electrons. The molecule has 0 aliphatic carbocycles. The Kier molecular flexibility index (Phi) is 9.60. The average Bonchev–Trinajstić information content (AvgIpc) is 2.77. The van der Waals surface area contributed by atoms with E-state index in [0.717, 1.165) is 18.3 Å². The van der Waals surface area contributed by atoms with Crippen molar-refractivity contribution in [2.75, 3.05) is 13.6 Å². The fourth-order valence-corrected chi connectivity index (χ4v) is 4.26. The lowest BCUT2D eigenvalue weighted by Crippen LogP contribution is -2.45. The highest BCUT2D eigenvalue weighted by Gasteiger charge is 2.48. The number of pyridine rings is 1. The zero-order valence-electron chi connectivity index (χ0n) is 19.4. The fourth-order valence-electron chi connectivity index (χ4n) is 3.51. The minimum Gasteiger partial charge on any atom is -0.376 e. The average molecular weight is 574 g/mol. The van der Waals surface area contributed by atoms with Gasteiger partial charge >= 0.3 is 21.8 Å². The number of rotatable bonds is 10. The number of likely N-dealkylation sites (N-methyl/N-ethyl adjacent to an activating group) is 1. The number of alkyl halides is 6. The Morgan fingerprint density at radius 3 is 2.43 bits per heavy atom. The van der Waals surface area contributed by atoms with Gasteiger partial charge in [-0.2, -0.15) is 34.8 Å². The van der Waals surface area contributed by atoms with Crippen molar-refractivity contribution in [3.63, 3.8) is 0 Å². The molecule has 1 heterocycles. The summed E-state index contributed by atoms with van der Waals surface area (Å²) in [5.74, 6) is -1.79. The lowest BCUT2D eigenvalue weighted by atomic mass is 9.95. The minimum absolute atomic E-state index is 0.106. The van der Waals surface area contributed by atoms with E-state index in [-0.39, 0.29) is 5.56 Å². The normalized spacial score (nSPS) is 14.2. The predicted octanol–water partition coefficient (Wildman–Crippen LogP) is 5.35. The molecule has 1 aromatic carbocycles. The van der Waals surface area contributed by atoms with E-state index in [0.29, 0.717) is 19.0 Å². The smallest absolute Gasteiger partial charge is 0.376 e. The summed E-state index contributed by atoms with van der Waals surface area (Å²) in [6.07, 6.45) is -2.22. The number of hydrogen-bond donors (Lipinski definition) is 1. The maximum absolute atomic E-state index is 13.3. The van der Waals surface area contributed by atoms with Crippen LogP contribution in [0.15, 0.2) is 49.2 Å². The number of halogens is 7. The molecule has 1 N–H and O–H groups in total. The van der Waals surface area contributed by atoms with E-state index in [1.54, 1.807) is 24.9 Å². The zero-order chi connectivity index (χ0) is 28.2. The molecule has 37 heavy (non-hydrogen) atoms. The van der Waals surface area contributed by atoms with Crippen LogP contribution in [0.1, 0.15) is 41.0 Å². The van der Waals surface area contributed by atoms with Crippen LogP contribution in [0.3, 0.4) is 0 Å². The van der Waals surface area contributed by atoms with E-state index in [1.807, 2.05) is 0 Å². The number of nitrogens with zero attached hydrogens (tertiary/aromatic N) is 2. The van der Waals surface area contributed by atoms with Crippen molar-refractivity contribution in [3.05, 3.63) is 71.0 Å². The van der Waals surface area contributed by atoms with E-state index in [1.165, 1.54) is 12.1 Å². The summed E-state index contributed by atoms with van der Waals surface area (Å²) in [6, 6.07) is 3.46. The molecule has 0 fully saturated rings. The number of amides is 1. The Balaban J connectivity index is 2.55. The van der Waals surface area contributed by atoms with Gasteiger partial charge in [0.25, 0.3) is 5.91 Å². The molecular formula is C22H22ClF6N3O4S. The van der Waals surface area contributed by atoms with Gasteiger partial charge in [0.1, 0.15) is 11.4 Å². The molecule has 2 rings (SSSR count). The molecule has 0 saturated heterocycles. The van der Waals surface area contributed by atoms with Crippen LogP contribution in [-0.4, -0.2) is 49.4 Å². The SMILES string of the molecule is C=CCN(C)[C@@H](CC)[C@@H](NC(=O)c1nccc(C(F)(F)F)c1Cl)c1cccc(OS(=O)(=O)C(F)(F)F)c1. The van der Waals surface area contributed by atoms with Crippen LogP contribution in [0.25, 0.3) is 0 Å². The molecular weight excluding hydrogens is 552 g/mol. The third kappa shape index (κ3) is 7.36. The molecule has 7 nitrogen and oxygen atoms in total. The molecule has 0 unspecified atom stereocenters. The lowest BCUT2D eigenvalue weighted by Gasteiger charge is -2.34. The maximum Gasteiger partial charge on any atom is 0.534 e. The van der Waals surface area contributed by atoms with Crippen LogP contribution in [0.2, 0.25) is 5.02 Å². The molecule has 0 bridgehead atoms. The fraction of sp³-hybridized carbons (Fsp3) is 0.364. The van der Waals surface area contributed by atoms with Gasteiger partial charge in [0.05, 0.1) is 16.6 Å². The van der Waals surface area contributed by atoms with Gasteiger partial charge in [-0.05, 0) is 37.2 Å². The van der Waals surface area contributed by atoms with Crippen molar-refractivity contribution in [2.45, 2.75) is 37.1 Å². The zero-order valence-corrected chi connectivity index (χ0v) is 21.0. The molecule has 15 heteroatoms. The van der Waals surface area contributed by atoms with Crippen molar-refractivity contribution >= 4 is 27.6 Å². The van der Waals surface area contributed by atoms with Crippen LogP contribution in [0.5, 0.6) is 5.75 Å². The van der Waals surface area contributed by atoms with Gasteiger partial charge in [0.15, 0.2) is 0 Å². The number of aromatic nitrogens is 1. The van der Waals surface area contributed by atoms with Crippen LogP contribution in [-0.2, 0) is 16.3 Å². The molecule has 2 atom stereocenters. The van der Waals surface area contributed by atoms with Crippen LogP contribution < -0.4 is 9.50 Å². The highest BCUT2D eigenvalue weighted by molar-refractivity contribution is 7.88. The number of nitrogens with one attached hydrogen (secondary N) is 1. The lowest BCUT2D eigenvalue weighted by molar-refractivity contribution is -0.137. The first kappa shape index (κ1) is 30.4. The highest BCUT2D eigenvalue weighted by atomic mass is 35.5. The monoisotopic (exact) mass is 573 g/mol. The Labute approximate surface area is 214 Å². The number of carbonyl (C=O) groups excluding carboxylic acids is 1. The Morgan fingerprint density at radius 1 is 1.24 bits per heavy atom. The molecule has 0 spiro atoms. The second kappa shape index (κ2) is 11.7. The number of carbonyl (C=O) groups is 1.